The van der Waals surface area contributed by atoms with E-state index in [4.69, 9.17) is 9.47 Å². The van der Waals surface area contributed by atoms with Gasteiger partial charge in [0.15, 0.2) is 0 Å². The number of ether oxygens (including phenoxy) is 2. The van der Waals surface area contributed by atoms with Crippen LogP contribution in [0.5, 0.6) is 11.5 Å². The lowest BCUT2D eigenvalue weighted by Gasteiger charge is -2.21. The highest BCUT2D eigenvalue weighted by Crippen LogP contribution is 2.24. The number of urea groups is 1. The minimum absolute atomic E-state index is 0.0331. The zero-order valence-electron chi connectivity index (χ0n) is 13.8. The molecular weight excluding hydrogens is 282 g/mol. The summed E-state index contributed by atoms with van der Waals surface area (Å²) >= 11 is 0. The van der Waals surface area contributed by atoms with Gasteiger partial charge in [0.1, 0.15) is 11.5 Å². The molecule has 0 saturated carbocycles. The average molecular weight is 307 g/mol. The van der Waals surface area contributed by atoms with Crippen molar-refractivity contribution in [1.82, 2.24) is 15.1 Å². The molecule has 1 aliphatic heterocycles. The van der Waals surface area contributed by atoms with Gasteiger partial charge < -0.3 is 24.6 Å². The summed E-state index contributed by atoms with van der Waals surface area (Å²) in [6.45, 7) is 1.99. The Morgan fingerprint density at radius 2 is 2.14 bits per heavy atom. The lowest BCUT2D eigenvalue weighted by molar-refractivity contribution is 0.203. The Hall–Kier alpha value is -1.95. The van der Waals surface area contributed by atoms with E-state index in [-0.39, 0.29) is 6.03 Å². The van der Waals surface area contributed by atoms with Crippen LogP contribution in [0, 0.1) is 0 Å². The van der Waals surface area contributed by atoms with Gasteiger partial charge in [-0.15, -0.1) is 0 Å². The van der Waals surface area contributed by atoms with Gasteiger partial charge in [-0.25, -0.2) is 4.79 Å². The first-order valence-corrected chi connectivity index (χ1v) is 7.45. The van der Waals surface area contributed by atoms with Crippen LogP contribution in [0.2, 0.25) is 0 Å². The van der Waals surface area contributed by atoms with E-state index in [0.717, 1.165) is 36.6 Å². The quantitative estimate of drug-likeness (QED) is 0.897. The van der Waals surface area contributed by atoms with Gasteiger partial charge in [0.2, 0.25) is 0 Å². The van der Waals surface area contributed by atoms with Crippen LogP contribution in [-0.4, -0.2) is 63.3 Å². The number of hydrogen-bond acceptors (Lipinski definition) is 4. The number of nitrogens with zero attached hydrogens (tertiary/aromatic N) is 2. The van der Waals surface area contributed by atoms with Crippen molar-refractivity contribution >= 4 is 6.03 Å². The molecule has 0 bridgehead atoms. The first kappa shape index (κ1) is 16.4. The summed E-state index contributed by atoms with van der Waals surface area (Å²) in [4.78, 5) is 16.3. The van der Waals surface area contributed by atoms with Crippen LogP contribution in [0.1, 0.15) is 12.0 Å². The predicted octanol–water partition coefficient (Wildman–Crippen LogP) is 1.55. The van der Waals surface area contributed by atoms with Crippen molar-refractivity contribution < 1.29 is 14.3 Å². The molecule has 1 atom stereocenters. The van der Waals surface area contributed by atoms with Crippen molar-refractivity contribution in [3.8, 4) is 11.5 Å². The number of likely N-dealkylation sites (N-methyl/N-ethyl adjacent to an activating group) is 1. The van der Waals surface area contributed by atoms with Crippen molar-refractivity contribution in [1.29, 1.82) is 0 Å². The molecule has 1 aliphatic rings. The van der Waals surface area contributed by atoms with Gasteiger partial charge in [-0.1, -0.05) is 0 Å². The fourth-order valence-electron chi connectivity index (χ4n) is 2.65. The number of hydrogen-bond donors (Lipinski definition) is 1. The molecular formula is C16H25N3O3. The van der Waals surface area contributed by atoms with Crippen molar-refractivity contribution in [3.05, 3.63) is 23.8 Å². The average Bonchev–Trinajstić information content (AvgIpc) is 3.02. The molecule has 6 nitrogen and oxygen atoms in total. The van der Waals surface area contributed by atoms with E-state index in [0.29, 0.717) is 12.6 Å². The summed E-state index contributed by atoms with van der Waals surface area (Å²) in [6, 6.07) is 5.97. The Bertz CT molecular complexity index is 519. The summed E-state index contributed by atoms with van der Waals surface area (Å²) in [6.07, 6.45) is 1.02. The van der Waals surface area contributed by atoms with Crippen LogP contribution >= 0.6 is 0 Å². The normalized spacial score (nSPS) is 17.7. The zero-order valence-corrected chi connectivity index (χ0v) is 13.8. The minimum atomic E-state index is -0.0331. The maximum absolute atomic E-state index is 12.3. The van der Waals surface area contributed by atoms with E-state index < -0.39 is 0 Å². The first-order chi connectivity index (χ1) is 10.5. The number of likely N-dealkylation sites (tertiary alicyclic amines) is 1. The van der Waals surface area contributed by atoms with Gasteiger partial charge in [-0.2, -0.15) is 0 Å². The smallest absolute Gasteiger partial charge is 0.317 e. The number of methoxy groups -OCH3 is 2. The second kappa shape index (κ2) is 7.35. The fourth-order valence-corrected chi connectivity index (χ4v) is 2.65. The lowest BCUT2D eigenvalue weighted by Crippen LogP contribution is -2.40. The lowest BCUT2D eigenvalue weighted by atomic mass is 10.2. The van der Waals surface area contributed by atoms with Crippen LogP contribution in [0.25, 0.3) is 0 Å². The Kier molecular flexibility index (Phi) is 5.49. The molecule has 1 N–H and O–H groups in total. The third-order valence-corrected chi connectivity index (χ3v) is 4.10. The molecule has 0 aliphatic carbocycles. The van der Waals surface area contributed by atoms with E-state index in [2.05, 4.69) is 10.2 Å². The number of carbonyl (C=O) groups excluding carboxylic acids is 1. The maximum atomic E-state index is 12.3. The van der Waals surface area contributed by atoms with Crippen LogP contribution in [-0.2, 0) is 6.54 Å². The van der Waals surface area contributed by atoms with Gasteiger partial charge in [0, 0.05) is 31.2 Å². The monoisotopic (exact) mass is 307 g/mol. The van der Waals surface area contributed by atoms with Crippen LogP contribution in [0.15, 0.2) is 18.2 Å². The Labute approximate surface area is 132 Å². The standard InChI is InChI=1S/C16H25N3O3/c1-18(2)13-7-8-19(11-13)16(20)17-10-12-9-14(21-3)5-6-15(12)22-4/h5-6,9,13H,7-8,10-11H2,1-4H3,(H,17,20). The SMILES string of the molecule is COc1ccc(OC)c(CNC(=O)N2CCC(N(C)C)C2)c1. The van der Waals surface area contributed by atoms with Gasteiger partial charge in [0.05, 0.1) is 14.2 Å². The molecule has 0 radical (unpaired) electrons. The van der Waals surface area contributed by atoms with E-state index in [1.165, 1.54) is 0 Å². The fraction of sp³-hybridized carbons (Fsp3) is 0.562. The molecule has 1 saturated heterocycles. The molecule has 0 spiro atoms. The molecule has 2 rings (SSSR count). The molecule has 122 valence electrons. The molecule has 22 heavy (non-hydrogen) atoms. The highest BCUT2D eigenvalue weighted by Gasteiger charge is 2.27. The number of rotatable bonds is 5. The summed E-state index contributed by atoms with van der Waals surface area (Å²) < 4.78 is 10.5. The third-order valence-electron chi connectivity index (χ3n) is 4.10. The number of carbonyl (C=O) groups is 1. The highest BCUT2D eigenvalue weighted by atomic mass is 16.5. The van der Waals surface area contributed by atoms with Crippen molar-refractivity contribution in [2.45, 2.75) is 19.0 Å². The van der Waals surface area contributed by atoms with E-state index >= 15 is 0 Å². The highest BCUT2D eigenvalue weighted by molar-refractivity contribution is 5.74. The molecule has 1 unspecified atom stereocenters. The summed E-state index contributed by atoms with van der Waals surface area (Å²) in [5.41, 5.74) is 0.901. The molecule has 2 amide bonds. The maximum Gasteiger partial charge on any atom is 0.317 e. The molecule has 1 heterocycles. The zero-order chi connectivity index (χ0) is 16.1. The van der Waals surface area contributed by atoms with Crippen LogP contribution in [0.4, 0.5) is 4.79 Å². The minimum Gasteiger partial charge on any atom is -0.497 e. The van der Waals surface area contributed by atoms with Gasteiger partial charge in [-0.05, 0) is 38.7 Å². The Balaban J connectivity index is 1.94. The summed E-state index contributed by atoms with van der Waals surface area (Å²) in [5.74, 6) is 1.49. The summed E-state index contributed by atoms with van der Waals surface area (Å²) in [7, 11) is 7.34. The second-order valence-electron chi connectivity index (χ2n) is 5.69. The van der Waals surface area contributed by atoms with Gasteiger partial charge in [-0.3, -0.25) is 0 Å². The van der Waals surface area contributed by atoms with Gasteiger partial charge >= 0.3 is 6.03 Å². The first-order valence-electron chi connectivity index (χ1n) is 7.45. The summed E-state index contributed by atoms with van der Waals surface area (Å²) in [5, 5.41) is 2.96. The predicted molar refractivity (Wildman–Crippen MR) is 85.4 cm³/mol. The van der Waals surface area contributed by atoms with Crippen LogP contribution in [0.3, 0.4) is 0 Å². The Morgan fingerprint density at radius 3 is 2.73 bits per heavy atom. The third kappa shape index (κ3) is 3.82. The second-order valence-corrected chi connectivity index (χ2v) is 5.69. The van der Waals surface area contributed by atoms with Crippen molar-refractivity contribution in [2.24, 2.45) is 0 Å². The molecule has 1 aromatic rings. The van der Waals surface area contributed by atoms with Crippen LogP contribution < -0.4 is 14.8 Å². The largest absolute Gasteiger partial charge is 0.497 e. The van der Waals surface area contributed by atoms with E-state index in [1.807, 2.05) is 37.2 Å². The van der Waals surface area contributed by atoms with Crippen molar-refractivity contribution in [3.63, 3.8) is 0 Å². The topological polar surface area (TPSA) is 54.0 Å². The van der Waals surface area contributed by atoms with Gasteiger partial charge in [0.25, 0.3) is 0 Å². The number of nitrogens with one attached hydrogen (secondary N) is 1. The molecule has 1 aromatic carbocycles. The van der Waals surface area contributed by atoms with E-state index in [1.54, 1.807) is 14.2 Å². The van der Waals surface area contributed by atoms with Crippen molar-refractivity contribution in [2.75, 3.05) is 41.4 Å². The Morgan fingerprint density at radius 1 is 1.36 bits per heavy atom. The number of amides is 2. The number of benzene rings is 1. The van der Waals surface area contributed by atoms with E-state index in [9.17, 15) is 4.79 Å². The molecule has 1 fully saturated rings. The molecule has 0 aromatic heterocycles. The molecule has 6 heteroatoms.